The number of hydrogen-bond donors (Lipinski definition) is 3. The van der Waals surface area contributed by atoms with Gasteiger partial charge in [-0.05, 0) is 86.0 Å². The maximum absolute atomic E-state index is 13.7. The summed E-state index contributed by atoms with van der Waals surface area (Å²) in [6, 6.07) is 27.9. The van der Waals surface area contributed by atoms with Crippen molar-refractivity contribution in [1.82, 2.24) is 15.1 Å². The first-order valence-electron chi connectivity index (χ1n) is 18.6. The first kappa shape index (κ1) is 41.7. The van der Waals surface area contributed by atoms with Crippen LogP contribution in [0, 0.1) is 0 Å². The highest BCUT2D eigenvalue weighted by atomic mass is 16.6. The largest absolute Gasteiger partial charge is 0.508 e. The fourth-order valence-electron chi connectivity index (χ4n) is 6.38. The molecule has 0 aliphatic carbocycles. The molecule has 4 aromatic rings. The third kappa shape index (κ3) is 12.0. The minimum absolute atomic E-state index is 0.0707. The molecule has 3 amide bonds. The number of phenols is 1. The summed E-state index contributed by atoms with van der Waals surface area (Å²) < 4.78 is 16.3. The number of anilines is 1. The molecule has 13 heteroatoms. The lowest BCUT2D eigenvalue weighted by Gasteiger charge is -2.36. The summed E-state index contributed by atoms with van der Waals surface area (Å²) in [7, 11) is 3.23. The summed E-state index contributed by atoms with van der Waals surface area (Å²) >= 11 is 0. The number of amides is 3. The number of carbonyl (C=O) groups is 4. The topological polar surface area (TPSA) is 158 Å². The van der Waals surface area contributed by atoms with E-state index < -0.39 is 29.4 Å². The van der Waals surface area contributed by atoms with Gasteiger partial charge in [-0.3, -0.25) is 14.4 Å². The van der Waals surface area contributed by atoms with Crippen LogP contribution in [-0.4, -0.2) is 95.7 Å². The Kier molecular flexibility index (Phi) is 13.8. The maximum atomic E-state index is 13.7. The lowest BCUT2D eigenvalue weighted by molar-refractivity contribution is -0.146. The Morgan fingerprint density at radius 1 is 0.772 bits per heavy atom. The average Bonchev–Trinajstić information content (AvgIpc) is 3.20. The molecular formula is C44H50N4O9. The number of nitrogens with one attached hydrogen (secondary N) is 1. The Hall–Kier alpha value is -6.50. The second kappa shape index (κ2) is 18.9. The Morgan fingerprint density at radius 2 is 1.33 bits per heavy atom. The van der Waals surface area contributed by atoms with Gasteiger partial charge >= 0.3 is 6.09 Å². The number of piperazine rings is 1. The number of hydrogen-bond acceptors (Lipinski definition) is 10. The van der Waals surface area contributed by atoms with E-state index in [4.69, 9.17) is 14.2 Å². The second-order valence-electron chi connectivity index (χ2n) is 14.7. The molecule has 1 saturated heterocycles. The van der Waals surface area contributed by atoms with Crippen molar-refractivity contribution in [3.8, 4) is 17.2 Å². The first-order chi connectivity index (χ1) is 27.2. The Balaban J connectivity index is 1.26. The van der Waals surface area contributed by atoms with Gasteiger partial charge in [0, 0.05) is 63.0 Å². The SMILES string of the molecule is COc1cccc(CN(Cc2cccc(OC)c2)c2cccc(/C(O)=C/C(=O)C(=O)N3CCN(C(=O)[C@H](Cc4ccc(O)cc4)NC(=O)OC(C)(C)C)CC3)c2)c1. The van der Waals surface area contributed by atoms with Crippen LogP contribution >= 0.6 is 0 Å². The molecule has 1 fully saturated rings. The predicted octanol–water partition coefficient (Wildman–Crippen LogP) is 5.89. The van der Waals surface area contributed by atoms with Gasteiger partial charge < -0.3 is 44.4 Å². The molecule has 1 heterocycles. The quantitative estimate of drug-likeness (QED) is 0.0801. The number of carbonyl (C=O) groups excluding carboxylic acids is 4. The summed E-state index contributed by atoms with van der Waals surface area (Å²) in [5.41, 5.74) is 3.04. The molecule has 1 atom stereocenters. The van der Waals surface area contributed by atoms with E-state index in [0.717, 1.165) is 34.4 Å². The molecular weight excluding hydrogens is 729 g/mol. The number of ketones is 1. The fraction of sp³-hybridized carbons (Fsp3) is 0.318. The van der Waals surface area contributed by atoms with Gasteiger partial charge in [0.1, 0.15) is 34.7 Å². The number of ether oxygens (including phenoxy) is 3. The molecule has 0 aromatic heterocycles. The summed E-state index contributed by atoms with van der Waals surface area (Å²) in [4.78, 5) is 57.9. The van der Waals surface area contributed by atoms with Gasteiger partial charge in [0.15, 0.2) is 0 Å². The van der Waals surface area contributed by atoms with E-state index in [1.54, 1.807) is 65.3 Å². The third-order valence-electron chi connectivity index (χ3n) is 9.24. The van der Waals surface area contributed by atoms with Crippen LogP contribution in [0.15, 0.2) is 103 Å². The average molecular weight is 779 g/mol. The lowest BCUT2D eigenvalue weighted by atomic mass is 10.0. The van der Waals surface area contributed by atoms with Gasteiger partial charge in [0.25, 0.3) is 5.91 Å². The third-order valence-corrected chi connectivity index (χ3v) is 9.24. The molecule has 0 unspecified atom stereocenters. The number of rotatable bonds is 14. The van der Waals surface area contributed by atoms with Crippen molar-refractivity contribution in [3.05, 3.63) is 125 Å². The molecule has 57 heavy (non-hydrogen) atoms. The first-order valence-corrected chi connectivity index (χ1v) is 18.6. The summed E-state index contributed by atoms with van der Waals surface area (Å²) in [6.07, 6.45) is 0.310. The number of methoxy groups -OCH3 is 2. The fourth-order valence-corrected chi connectivity index (χ4v) is 6.38. The molecule has 0 bridgehead atoms. The second-order valence-corrected chi connectivity index (χ2v) is 14.7. The van der Waals surface area contributed by atoms with Crippen LogP contribution in [0.2, 0.25) is 0 Å². The van der Waals surface area contributed by atoms with Gasteiger partial charge in [-0.1, -0.05) is 48.5 Å². The Bertz CT molecular complexity index is 2020. The Labute approximate surface area is 333 Å². The number of benzene rings is 4. The number of alkyl carbamates (subject to hydrolysis) is 1. The normalized spacial score (nSPS) is 13.7. The van der Waals surface area contributed by atoms with E-state index in [1.807, 2.05) is 54.6 Å². The van der Waals surface area contributed by atoms with Gasteiger partial charge in [0.2, 0.25) is 11.7 Å². The minimum Gasteiger partial charge on any atom is -0.508 e. The lowest BCUT2D eigenvalue weighted by Crippen LogP contribution is -2.57. The molecule has 0 saturated carbocycles. The zero-order valence-electron chi connectivity index (χ0n) is 32.9. The van der Waals surface area contributed by atoms with Crippen molar-refractivity contribution < 1.29 is 43.6 Å². The summed E-state index contributed by atoms with van der Waals surface area (Å²) in [5, 5.41) is 23.5. The summed E-state index contributed by atoms with van der Waals surface area (Å²) in [6.45, 7) is 6.54. The van der Waals surface area contributed by atoms with Crippen LogP contribution in [-0.2, 0) is 38.6 Å². The smallest absolute Gasteiger partial charge is 0.408 e. The number of phenolic OH excluding ortho intramolecular Hbond substituents is 1. The number of aliphatic hydroxyl groups excluding tert-OH is 1. The highest BCUT2D eigenvalue weighted by Crippen LogP contribution is 2.26. The standard InChI is InChI=1S/C44H50N4O9/c1-44(2,3)57-43(54)45-38(25-30-15-17-35(49)18-16-30)41(52)46-19-21-47(22-20-46)42(53)40(51)27-39(50)33-11-8-12-34(26-33)48(28-31-9-6-13-36(23-31)55-4)29-32-10-7-14-37(24-32)56-5/h6-18,23-24,26-27,38,49-50H,19-22,25,28-29H2,1-5H3,(H,45,54)/b39-27-/t38-/m0/s1. The highest BCUT2D eigenvalue weighted by molar-refractivity contribution is 6.41. The Morgan fingerprint density at radius 3 is 1.89 bits per heavy atom. The predicted molar refractivity (Wildman–Crippen MR) is 216 cm³/mol. The number of nitrogens with zero attached hydrogens (tertiary/aromatic N) is 3. The van der Waals surface area contributed by atoms with Crippen LogP contribution in [0.4, 0.5) is 10.5 Å². The molecule has 4 aromatic carbocycles. The van der Waals surface area contributed by atoms with Gasteiger partial charge in [-0.25, -0.2) is 4.79 Å². The number of aromatic hydroxyl groups is 1. The van der Waals surface area contributed by atoms with E-state index >= 15 is 0 Å². The molecule has 1 aliphatic rings. The molecule has 0 radical (unpaired) electrons. The number of aliphatic hydroxyl groups is 1. The van der Waals surface area contributed by atoms with Crippen molar-refractivity contribution >= 4 is 35.1 Å². The molecule has 300 valence electrons. The molecule has 3 N–H and O–H groups in total. The van der Waals surface area contributed by atoms with Crippen LogP contribution in [0.1, 0.15) is 43.0 Å². The monoisotopic (exact) mass is 778 g/mol. The van der Waals surface area contributed by atoms with E-state index in [-0.39, 0.29) is 50.0 Å². The van der Waals surface area contributed by atoms with E-state index in [0.29, 0.717) is 24.2 Å². The summed E-state index contributed by atoms with van der Waals surface area (Å²) in [5.74, 6) is -0.933. The highest BCUT2D eigenvalue weighted by Gasteiger charge is 2.32. The molecule has 13 nitrogen and oxygen atoms in total. The van der Waals surface area contributed by atoms with Gasteiger partial charge in [-0.15, -0.1) is 0 Å². The van der Waals surface area contributed by atoms with E-state index in [1.165, 1.54) is 21.9 Å². The van der Waals surface area contributed by atoms with Crippen molar-refractivity contribution in [2.45, 2.75) is 51.9 Å². The zero-order chi connectivity index (χ0) is 41.1. The van der Waals surface area contributed by atoms with Gasteiger partial charge in [0.05, 0.1) is 14.2 Å². The van der Waals surface area contributed by atoms with Crippen molar-refractivity contribution in [2.24, 2.45) is 0 Å². The van der Waals surface area contributed by atoms with Crippen molar-refractivity contribution in [2.75, 3.05) is 45.3 Å². The van der Waals surface area contributed by atoms with Crippen molar-refractivity contribution in [1.29, 1.82) is 0 Å². The van der Waals surface area contributed by atoms with Crippen LogP contribution < -0.4 is 19.7 Å². The van der Waals surface area contributed by atoms with Crippen LogP contribution in [0.3, 0.4) is 0 Å². The molecule has 1 aliphatic heterocycles. The van der Waals surface area contributed by atoms with Gasteiger partial charge in [-0.2, -0.15) is 0 Å². The van der Waals surface area contributed by atoms with Crippen LogP contribution in [0.5, 0.6) is 17.2 Å². The van der Waals surface area contributed by atoms with E-state index in [2.05, 4.69) is 10.2 Å². The minimum atomic E-state index is -0.981. The zero-order valence-corrected chi connectivity index (χ0v) is 32.9. The van der Waals surface area contributed by atoms with Crippen LogP contribution in [0.25, 0.3) is 5.76 Å². The molecule has 0 spiro atoms. The molecule has 5 rings (SSSR count). The maximum Gasteiger partial charge on any atom is 0.408 e. The van der Waals surface area contributed by atoms with E-state index in [9.17, 15) is 29.4 Å². The van der Waals surface area contributed by atoms with Crippen molar-refractivity contribution in [3.63, 3.8) is 0 Å².